The first kappa shape index (κ1) is 21.2. The highest BCUT2D eigenvalue weighted by Gasteiger charge is 2.54. The van der Waals surface area contributed by atoms with Crippen molar-refractivity contribution in [2.24, 2.45) is 5.92 Å². The minimum atomic E-state index is -0.235. The van der Waals surface area contributed by atoms with Gasteiger partial charge in [-0.15, -0.1) is 0 Å². The van der Waals surface area contributed by atoms with Crippen molar-refractivity contribution in [1.29, 1.82) is 0 Å². The number of piperazine rings is 1. The van der Waals surface area contributed by atoms with Crippen LogP contribution >= 0.6 is 0 Å². The molecule has 2 heterocycles. The minimum absolute atomic E-state index is 0.0104. The fraction of sp³-hybridized carbons (Fsp3) is 0.565. The van der Waals surface area contributed by atoms with Crippen LogP contribution in [0.3, 0.4) is 0 Å². The largest absolute Gasteiger partial charge is 0.394 e. The van der Waals surface area contributed by atoms with Crippen LogP contribution in [-0.2, 0) is 4.79 Å². The van der Waals surface area contributed by atoms with Crippen LogP contribution in [0.1, 0.15) is 51.2 Å². The van der Waals surface area contributed by atoms with Gasteiger partial charge in [-0.05, 0) is 37.5 Å². The van der Waals surface area contributed by atoms with Crippen LogP contribution in [0.4, 0.5) is 4.79 Å². The monoisotopic (exact) mass is 397 g/mol. The lowest BCUT2D eigenvalue weighted by Crippen LogP contribution is -2.74. The Morgan fingerprint density at radius 1 is 1.24 bits per heavy atom. The number of hydrogen-bond donors (Lipinski definition) is 2. The highest BCUT2D eigenvalue weighted by atomic mass is 16.3. The van der Waals surface area contributed by atoms with Crippen molar-refractivity contribution in [3.05, 3.63) is 35.4 Å². The van der Waals surface area contributed by atoms with Crippen LogP contribution in [0.15, 0.2) is 24.3 Å². The number of carbonyl (C=O) groups excluding carboxylic acids is 2. The fourth-order valence-corrected chi connectivity index (χ4v) is 4.14. The maximum atomic E-state index is 12.6. The van der Waals surface area contributed by atoms with Gasteiger partial charge in [-0.1, -0.05) is 37.8 Å². The topological polar surface area (TPSA) is 72.9 Å². The van der Waals surface area contributed by atoms with Crippen LogP contribution in [0, 0.1) is 17.8 Å². The molecule has 156 valence electrons. The Kier molecular flexibility index (Phi) is 6.49. The molecule has 0 spiro atoms. The van der Waals surface area contributed by atoms with Crippen molar-refractivity contribution in [2.45, 2.75) is 58.2 Å². The van der Waals surface area contributed by atoms with E-state index in [1.165, 1.54) is 0 Å². The maximum Gasteiger partial charge on any atom is 0.318 e. The highest BCUT2D eigenvalue weighted by molar-refractivity contribution is 5.87. The second kappa shape index (κ2) is 8.87. The number of nitrogens with one attached hydrogen (secondary N) is 1. The van der Waals surface area contributed by atoms with Crippen LogP contribution in [-0.4, -0.2) is 64.7 Å². The van der Waals surface area contributed by atoms with Crippen molar-refractivity contribution in [2.75, 3.05) is 19.7 Å². The number of urea groups is 1. The predicted molar refractivity (Wildman–Crippen MR) is 112 cm³/mol. The molecule has 6 heteroatoms. The van der Waals surface area contributed by atoms with E-state index in [1.807, 2.05) is 38.1 Å². The van der Waals surface area contributed by atoms with Gasteiger partial charge in [0.05, 0.1) is 18.7 Å². The highest BCUT2D eigenvalue weighted by Crippen LogP contribution is 2.42. The number of rotatable bonds is 4. The summed E-state index contributed by atoms with van der Waals surface area (Å²) in [6.07, 6.45) is 0.865. The molecule has 2 aliphatic rings. The zero-order valence-electron chi connectivity index (χ0n) is 17.7. The van der Waals surface area contributed by atoms with Gasteiger partial charge in [0.15, 0.2) is 0 Å². The summed E-state index contributed by atoms with van der Waals surface area (Å²) in [6.45, 7) is 8.53. The number of aliphatic hydroxyl groups is 1. The number of hydrogen-bond acceptors (Lipinski definition) is 3. The molecule has 3 amide bonds. The summed E-state index contributed by atoms with van der Waals surface area (Å²) in [6, 6.07) is 7.51. The fourth-order valence-electron chi connectivity index (χ4n) is 4.14. The number of fused-ring (bicyclic) bond motifs is 1. The number of amides is 3. The Morgan fingerprint density at radius 2 is 1.93 bits per heavy atom. The second-order valence-electron chi connectivity index (χ2n) is 8.65. The number of benzene rings is 1. The summed E-state index contributed by atoms with van der Waals surface area (Å²) < 4.78 is 0. The van der Waals surface area contributed by atoms with E-state index in [2.05, 4.69) is 31.0 Å². The van der Waals surface area contributed by atoms with E-state index in [1.54, 1.807) is 9.80 Å². The van der Waals surface area contributed by atoms with Gasteiger partial charge in [-0.25, -0.2) is 4.79 Å². The van der Waals surface area contributed by atoms with Crippen molar-refractivity contribution >= 4 is 11.9 Å². The first-order valence-corrected chi connectivity index (χ1v) is 10.4. The first-order chi connectivity index (χ1) is 13.8. The molecule has 2 N–H and O–H groups in total. The Labute approximate surface area is 173 Å². The quantitative estimate of drug-likeness (QED) is 0.765. The van der Waals surface area contributed by atoms with Crippen molar-refractivity contribution in [3.63, 3.8) is 0 Å². The molecular weight excluding hydrogens is 366 g/mol. The van der Waals surface area contributed by atoms with Gasteiger partial charge in [-0.3, -0.25) is 4.79 Å². The van der Waals surface area contributed by atoms with E-state index in [9.17, 15) is 14.7 Å². The molecule has 1 aromatic carbocycles. The zero-order valence-corrected chi connectivity index (χ0v) is 17.7. The Balaban J connectivity index is 1.75. The lowest BCUT2D eigenvalue weighted by atomic mass is 9.73. The smallest absolute Gasteiger partial charge is 0.318 e. The number of carbonyl (C=O) groups is 2. The van der Waals surface area contributed by atoms with E-state index in [-0.39, 0.29) is 49.1 Å². The molecule has 6 nitrogen and oxygen atoms in total. The summed E-state index contributed by atoms with van der Waals surface area (Å²) in [5.74, 6) is 6.82. The maximum absolute atomic E-state index is 12.6. The van der Waals surface area contributed by atoms with Crippen LogP contribution < -0.4 is 5.32 Å². The molecule has 29 heavy (non-hydrogen) atoms. The van der Waals surface area contributed by atoms with Gasteiger partial charge in [0.1, 0.15) is 6.54 Å². The van der Waals surface area contributed by atoms with Gasteiger partial charge >= 0.3 is 6.03 Å². The minimum Gasteiger partial charge on any atom is -0.394 e. The summed E-state index contributed by atoms with van der Waals surface area (Å²) in [4.78, 5) is 28.3. The second-order valence-corrected chi connectivity index (χ2v) is 8.65. The van der Waals surface area contributed by atoms with Gasteiger partial charge in [0.2, 0.25) is 5.91 Å². The first-order valence-electron chi connectivity index (χ1n) is 10.4. The third-order valence-corrected chi connectivity index (χ3v) is 5.49. The average molecular weight is 398 g/mol. The van der Waals surface area contributed by atoms with Crippen molar-refractivity contribution in [3.8, 4) is 11.8 Å². The third-order valence-electron chi connectivity index (χ3n) is 5.49. The molecule has 2 aliphatic heterocycles. The van der Waals surface area contributed by atoms with Gasteiger partial charge < -0.3 is 20.2 Å². The molecule has 0 unspecified atom stereocenters. The predicted octanol–water partition coefficient (Wildman–Crippen LogP) is 2.17. The van der Waals surface area contributed by atoms with Gasteiger partial charge in [-0.2, -0.15) is 0 Å². The molecule has 2 saturated heterocycles. The molecular formula is C23H31N3O3. The molecule has 0 aliphatic carbocycles. The standard InChI is InChI=1S/C23H31N3O3/c1-15(2)6-5-7-17-8-10-18(11-9-17)22-19-12-25(23(29)24-16(3)4)13-21(28)26(19)20(22)14-27/h8-11,15-16,19-20,22,27H,6,12-14H2,1-4H3,(H,24,29)/t19-,20+,22+/m0/s1. The average Bonchev–Trinajstić information content (AvgIpc) is 2.63. The summed E-state index contributed by atoms with van der Waals surface area (Å²) in [5.41, 5.74) is 2.03. The molecule has 1 aromatic rings. The van der Waals surface area contributed by atoms with Crippen LogP contribution in [0.5, 0.6) is 0 Å². The number of nitrogens with zero attached hydrogens (tertiary/aromatic N) is 2. The van der Waals surface area contributed by atoms with E-state index in [0.29, 0.717) is 12.5 Å². The Morgan fingerprint density at radius 3 is 2.52 bits per heavy atom. The van der Waals surface area contributed by atoms with E-state index in [4.69, 9.17) is 0 Å². The van der Waals surface area contributed by atoms with Gasteiger partial charge in [0, 0.05) is 30.5 Å². The Hall–Kier alpha value is -2.52. The summed E-state index contributed by atoms with van der Waals surface area (Å²) in [5, 5.41) is 12.7. The molecule has 0 radical (unpaired) electrons. The molecule has 3 atom stereocenters. The van der Waals surface area contributed by atoms with Gasteiger partial charge in [0.25, 0.3) is 0 Å². The number of aliphatic hydroxyl groups excluding tert-OH is 1. The van der Waals surface area contributed by atoms with Crippen molar-refractivity contribution < 1.29 is 14.7 Å². The van der Waals surface area contributed by atoms with E-state index in [0.717, 1.165) is 17.5 Å². The lowest BCUT2D eigenvalue weighted by Gasteiger charge is -2.58. The lowest BCUT2D eigenvalue weighted by molar-refractivity contribution is -0.159. The molecule has 3 rings (SSSR count). The van der Waals surface area contributed by atoms with E-state index < -0.39 is 0 Å². The summed E-state index contributed by atoms with van der Waals surface area (Å²) >= 11 is 0. The zero-order chi connectivity index (χ0) is 21.1. The molecule has 2 fully saturated rings. The Bertz CT molecular complexity index is 807. The molecule has 0 saturated carbocycles. The molecule has 0 bridgehead atoms. The van der Waals surface area contributed by atoms with E-state index >= 15 is 0 Å². The SMILES string of the molecule is CC(C)CC#Cc1ccc([C@H]2[C@@H](CO)N3C(=O)CN(C(=O)NC(C)C)C[C@@H]23)cc1. The van der Waals surface area contributed by atoms with Crippen LogP contribution in [0.25, 0.3) is 0 Å². The van der Waals surface area contributed by atoms with Crippen molar-refractivity contribution in [1.82, 2.24) is 15.1 Å². The summed E-state index contributed by atoms with van der Waals surface area (Å²) in [7, 11) is 0. The third kappa shape index (κ3) is 4.56. The molecule has 0 aromatic heterocycles. The normalized spacial score (nSPS) is 23.4. The van der Waals surface area contributed by atoms with Crippen LogP contribution in [0.2, 0.25) is 0 Å².